The van der Waals surface area contributed by atoms with Gasteiger partial charge in [0.05, 0.1) is 0 Å². The van der Waals surface area contributed by atoms with Gasteiger partial charge in [-0.1, -0.05) is 0 Å². The van der Waals surface area contributed by atoms with Crippen LogP contribution < -0.4 is 5.32 Å². The highest BCUT2D eigenvalue weighted by Crippen LogP contribution is 1.93. The largest absolute Gasteiger partial charge is 0.441 e. The number of rotatable bonds is 0. The van der Waals surface area contributed by atoms with Crippen molar-refractivity contribution >= 4 is 5.97 Å². The lowest BCUT2D eigenvalue weighted by molar-refractivity contribution is -0.139. The zero-order valence-electron chi connectivity index (χ0n) is 4.60. The molecular formula is C5H7NO2. The minimum Gasteiger partial charge on any atom is -0.441 e. The van der Waals surface area contributed by atoms with Crippen molar-refractivity contribution in [3.05, 3.63) is 11.8 Å². The number of hydrogen-bond donors (Lipinski definition) is 1. The molecule has 0 aliphatic carbocycles. The molecule has 0 fully saturated rings. The van der Waals surface area contributed by atoms with Crippen LogP contribution in [0, 0.1) is 0 Å². The summed E-state index contributed by atoms with van der Waals surface area (Å²) in [6, 6.07) is 0. The number of esters is 1. The molecule has 1 aliphatic heterocycles. The Balaban J connectivity index is 2.64. The summed E-state index contributed by atoms with van der Waals surface area (Å²) >= 11 is 0. The van der Waals surface area contributed by atoms with Crippen LogP contribution in [0.25, 0.3) is 0 Å². The number of cyclic esters (lactones) is 1. The molecule has 0 aromatic carbocycles. The molecule has 1 N–H and O–H groups in total. The van der Waals surface area contributed by atoms with E-state index in [9.17, 15) is 4.79 Å². The molecule has 0 unspecified atom stereocenters. The first-order valence-corrected chi connectivity index (χ1v) is 2.38. The van der Waals surface area contributed by atoms with Gasteiger partial charge in [0, 0.05) is 11.8 Å². The van der Waals surface area contributed by atoms with Gasteiger partial charge in [-0.3, -0.25) is 0 Å². The topological polar surface area (TPSA) is 38.3 Å². The van der Waals surface area contributed by atoms with Crippen LogP contribution in [0.2, 0.25) is 0 Å². The molecule has 3 nitrogen and oxygen atoms in total. The van der Waals surface area contributed by atoms with Crippen LogP contribution in [-0.2, 0) is 9.53 Å². The van der Waals surface area contributed by atoms with Crippen LogP contribution in [0.5, 0.6) is 0 Å². The monoisotopic (exact) mass is 113 g/mol. The van der Waals surface area contributed by atoms with E-state index < -0.39 is 0 Å². The number of carbonyl (C=O) groups is 1. The van der Waals surface area contributed by atoms with E-state index in [1.165, 1.54) is 6.08 Å². The molecule has 0 saturated carbocycles. The van der Waals surface area contributed by atoms with Gasteiger partial charge in [-0.25, -0.2) is 4.79 Å². The zero-order chi connectivity index (χ0) is 5.98. The Hall–Kier alpha value is -0.990. The van der Waals surface area contributed by atoms with E-state index in [4.69, 9.17) is 0 Å². The Morgan fingerprint density at radius 1 is 1.88 bits per heavy atom. The third-order valence-corrected chi connectivity index (χ3v) is 0.900. The molecule has 0 atom stereocenters. The van der Waals surface area contributed by atoms with Crippen LogP contribution in [0.1, 0.15) is 6.92 Å². The summed E-state index contributed by atoms with van der Waals surface area (Å²) in [5.74, 6) is -0.263. The lowest BCUT2D eigenvalue weighted by atomic mass is 10.4. The fourth-order valence-corrected chi connectivity index (χ4v) is 0.491. The Bertz CT molecular complexity index is 139. The molecule has 8 heavy (non-hydrogen) atoms. The second kappa shape index (κ2) is 1.86. The van der Waals surface area contributed by atoms with Gasteiger partial charge >= 0.3 is 5.97 Å². The van der Waals surface area contributed by atoms with Crippen LogP contribution in [0.15, 0.2) is 11.8 Å². The summed E-state index contributed by atoms with van der Waals surface area (Å²) in [5, 5.41) is 2.83. The van der Waals surface area contributed by atoms with Crippen LogP contribution in [0.3, 0.4) is 0 Å². The molecule has 1 aliphatic rings. The van der Waals surface area contributed by atoms with E-state index in [-0.39, 0.29) is 5.97 Å². The summed E-state index contributed by atoms with van der Waals surface area (Å²) in [6.45, 7) is 2.13. The van der Waals surface area contributed by atoms with Crippen molar-refractivity contribution in [2.24, 2.45) is 0 Å². The predicted octanol–water partition coefficient (Wildman–Crippen LogP) is -0.00590. The van der Waals surface area contributed by atoms with E-state index in [0.717, 1.165) is 5.70 Å². The summed E-state index contributed by atoms with van der Waals surface area (Å²) in [4.78, 5) is 10.3. The van der Waals surface area contributed by atoms with Crippen molar-refractivity contribution in [3.8, 4) is 0 Å². The van der Waals surface area contributed by atoms with Gasteiger partial charge in [0.25, 0.3) is 0 Å². The van der Waals surface area contributed by atoms with E-state index in [1.807, 2.05) is 6.92 Å². The SMILES string of the molecule is CC1=CC(=O)OCN1. The molecule has 0 radical (unpaired) electrons. The van der Waals surface area contributed by atoms with Gasteiger partial charge in [-0.05, 0) is 6.92 Å². The van der Waals surface area contributed by atoms with Gasteiger partial charge in [0.15, 0.2) is 6.73 Å². The van der Waals surface area contributed by atoms with Crippen LogP contribution in [0.4, 0.5) is 0 Å². The zero-order valence-corrected chi connectivity index (χ0v) is 4.60. The first-order chi connectivity index (χ1) is 3.79. The third-order valence-electron chi connectivity index (χ3n) is 0.900. The van der Waals surface area contributed by atoms with Crippen molar-refractivity contribution < 1.29 is 9.53 Å². The average Bonchev–Trinajstić information content (AvgIpc) is 1.64. The fraction of sp³-hybridized carbons (Fsp3) is 0.400. The smallest absolute Gasteiger partial charge is 0.334 e. The molecule has 3 heteroatoms. The number of ether oxygens (including phenoxy) is 1. The highest BCUT2D eigenvalue weighted by atomic mass is 16.5. The van der Waals surface area contributed by atoms with Crippen molar-refractivity contribution in [1.29, 1.82) is 0 Å². The molecule has 44 valence electrons. The standard InChI is InChI=1S/C5H7NO2/c1-4-2-5(7)8-3-6-4/h2,6H,3H2,1H3. The van der Waals surface area contributed by atoms with E-state index in [0.29, 0.717) is 6.73 Å². The van der Waals surface area contributed by atoms with E-state index >= 15 is 0 Å². The Kier molecular flexibility index (Phi) is 1.20. The number of allylic oxidation sites excluding steroid dienone is 1. The second-order valence-electron chi connectivity index (χ2n) is 1.61. The number of carbonyl (C=O) groups excluding carboxylic acids is 1. The first kappa shape index (κ1) is 5.15. The Labute approximate surface area is 47.3 Å². The van der Waals surface area contributed by atoms with Gasteiger partial charge < -0.3 is 10.1 Å². The maximum Gasteiger partial charge on any atom is 0.334 e. The Morgan fingerprint density at radius 2 is 2.62 bits per heavy atom. The molecule has 0 aromatic rings. The second-order valence-corrected chi connectivity index (χ2v) is 1.61. The molecule has 0 spiro atoms. The first-order valence-electron chi connectivity index (χ1n) is 2.38. The van der Waals surface area contributed by atoms with Gasteiger partial charge in [0.2, 0.25) is 0 Å². The van der Waals surface area contributed by atoms with Gasteiger partial charge in [0.1, 0.15) is 0 Å². The quantitative estimate of drug-likeness (QED) is 0.449. The van der Waals surface area contributed by atoms with Gasteiger partial charge in [-0.2, -0.15) is 0 Å². The maximum atomic E-state index is 10.3. The summed E-state index contributed by atoms with van der Waals surface area (Å²) in [7, 11) is 0. The number of hydrogen-bond acceptors (Lipinski definition) is 3. The fourth-order valence-electron chi connectivity index (χ4n) is 0.491. The minimum atomic E-state index is -0.263. The summed E-state index contributed by atoms with van der Waals surface area (Å²) in [5.41, 5.74) is 0.862. The molecule has 1 rings (SSSR count). The minimum absolute atomic E-state index is 0.263. The maximum absolute atomic E-state index is 10.3. The molecule has 0 saturated heterocycles. The molecule has 0 amide bonds. The predicted molar refractivity (Wildman–Crippen MR) is 27.9 cm³/mol. The molecule has 0 aromatic heterocycles. The highest BCUT2D eigenvalue weighted by molar-refractivity contribution is 5.83. The van der Waals surface area contributed by atoms with Crippen molar-refractivity contribution in [2.75, 3.05) is 6.73 Å². The molecule has 0 bridgehead atoms. The molecular weight excluding hydrogens is 106 g/mol. The van der Waals surface area contributed by atoms with Crippen LogP contribution >= 0.6 is 0 Å². The lowest BCUT2D eigenvalue weighted by Gasteiger charge is -2.10. The lowest BCUT2D eigenvalue weighted by Crippen LogP contribution is -2.24. The highest BCUT2D eigenvalue weighted by Gasteiger charge is 2.03. The molecule has 1 heterocycles. The summed E-state index contributed by atoms with van der Waals surface area (Å²) in [6.07, 6.45) is 1.42. The van der Waals surface area contributed by atoms with Crippen molar-refractivity contribution in [1.82, 2.24) is 5.32 Å². The Morgan fingerprint density at radius 3 is 3.00 bits per heavy atom. The van der Waals surface area contributed by atoms with Crippen LogP contribution in [-0.4, -0.2) is 12.7 Å². The van der Waals surface area contributed by atoms with Crippen molar-refractivity contribution in [2.45, 2.75) is 6.92 Å². The summed E-state index contributed by atoms with van der Waals surface area (Å²) < 4.78 is 4.52. The van der Waals surface area contributed by atoms with Gasteiger partial charge in [-0.15, -0.1) is 0 Å². The normalized spacial score (nSPS) is 18.6. The number of nitrogens with one attached hydrogen (secondary N) is 1. The average molecular weight is 113 g/mol. The van der Waals surface area contributed by atoms with E-state index in [1.54, 1.807) is 0 Å². The van der Waals surface area contributed by atoms with Crippen molar-refractivity contribution in [3.63, 3.8) is 0 Å². The third kappa shape index (κ3) is 0.992. The van der Waals surface area contributed by atoms with E-state index in [2.05, 4.69) is 10.1 Å².